The van der Waals surface area contributed by atoms with Gasteiger partial charge in [0.15, 0.2) is 0 Å². The Balaban J connectivity index is 1.92. The van der Waals surface area contributed by atoms with Gasteiger partial charge < -0.3 is 10.1 Å². The highest BCUT2D eigenvalue weighted by atomic mass is 35.5. The summed E-state index contributed by atoms with van der Waals surface area (Å²) in [5, 5.41) is 13.5. The Labute approximate surface area is 150 Å². The summed E-state index contributed by atoms with van der Waals surface area (Å²) in [7, 11) is 0. The van der Waals surface area contributed by atoms with E-state index in [0.29, 0.717) is 25.4 Å². The lowest BCUT2D eigenvalue weighted by Crippen LogP contribution is -2.43. The summed E-state index contributed by atoms with van der Waals surface area (Å²) in [6.45, 7) is 3.38. The normalized spacial score (nSPS) is 17.8. The molecule has 1 atom stereocenters. The zero-order valence-corrected chi connectivity index (χ0v) is 14.6. The molecule has 1 fully saturated rings. The molecule has 0 radical (unpaired) electrons. The summed E-state index contributed by atoms with van der Waals surface area (Å²) < 4.78 is 5.03. The van der Waals surface area contributed by atoms with Gasteiger partial charge in [-0.25, -0.2) is 0 Å². The lowest BCUT2D eigenvalue weighted by molar-refractivity contribution is -0.384. The van der Waals surface area contributed by atoms with E-state index in [0.717, 1.165) is 12.8 Å². The van der Waals surface area contributed by atoms with Crippen LogP contribution in [0.2, 0.25) is 5.02 Å². The fraction of sp³-hybridized carbons (Fsp3) is 0.500. The van der Waals surface area contributed by atoms with Crippen molar-refractivity contribution in [2.45, 2.75) is 19.8 Å². The number of carbonyl (C=O) groups excluding carboxylic acids is 2. The van der Waals surface area contributed by atoms with E-state index in [2.05, 4.69) is 5.32 Å². The van der Waals surface area contributed by atoms with Crippen molar-refractivity contribution < 1.29 is 19.2 Å². The molecule has 1 unspecified atom stereocenters. The summed E-state index contributed by atoms with van der Waals surface area (Å²) in [6.07, 6.45) is 1.56. The van der Waals surface area contributed by atoms with Gasteiger partial charge in [-0.1, -0.05) is 11.6 Å². The van der Waals surface area contributed by atoms with Crippen molar-refractivity contribution in [3.8, 4) is 0 Å². The SMILES string of the molecule is CCOC(=O)C1CCCN(CC(=O)Nc2ccc(Cl)c([N+](=O)[O-])c2)C1. The number of halogens is 1. The first-order chi connectivity index (χ1) is 11.9. The number of anilines is 1. The van der Waals surface area contributed by atoms with Gasteiger partial charge >= 0.3 is 5.97 Å². The van der Waals surface area contributed by atoms with Gasteiger partial charge in [0.05, 0.1) is 24.0 Å². The monoisotopic (exact) mass is 369 g/mol. The second-order valence-electron chi connectivity index (χ2n) is 5.80. The molecule has 0 bridgehead atoms. The van der Waals surface area contributed by atoms with Crippen LogP contribution in [0, 0.1) is 16.0 Å². The minimum absolute atomic E-state index is 0.0105. The molecule has 1 aromatic rings. The van der Waals surface area contributed by atoms with Gasteiger partial charge in [-0.15, -0.1) is 0 Å². The number of nitro groups is 1. The summed E-state index contributed by atoms with van der Waals surface area (Å²) in [4.78, 5) is 36.2. The molecule has 0 saturated carbocycles. The highest BCUT2D eigenvalue weighted by molar-refractivity contribution is 6.32. The summed E-state index contributed by atoms with van der Waals surface area (Å²) >= 11 is 5.75. The third-order valence-corrected chi connectivity index (χ3v) is 4.24. The topological polar surface area (TPSA) is 102 Å². The van der Waals surface area contributed by atoms with E-state index in [1.54, 1.807) is 6.92 Å². The third kappa shape index (κ3) is 5.40. The number of nitro benzene ring substituents is 1. The van der Waals surface area contributed by atoms with Crippen molar-refractivity contribution in [3.63, 3.8) is 0 Å². The molecule has 1 amide bonds. The maximum absolute atomic E-state index is 12.2. The van der Waals surface area contributed by atoms with Gasteiger partial charge in [-0.05, 0) is 38.4 Å². The van der Waals surface area contributed by atoms with Gasteiger partial charge in [-0.3, -0.25) is 24.6 Å². The van der Waals surface area contributed by atoms with Crippen LogP contribution < -0.4 is 5.32 Å². The second kappa shape index (κ2) is 8.77. The van der Waals surface area contributed by atoms with Crippen LogP contribution in [-0.4, -0.2) is 47.9 Å². The third-order valence-electron chi connectivity index (χ3n) is 3.92. The van der Waals surface area contributed by atoms with Crippen molar-refractivity contribution in [3.05, 3.63) is 33.3 Å². The Kier molecular flexibility index (Phi) is 6.72. The number of nitrogens with zero attached hydrogens (tertiary/aromatic N) is 2. The fourth-order valence-electron chi connectivity index (χ4n) is 2.79. The Morgan fingerprint density at radius 2 is 2.24 bits per heavy atom. The molecule has 1 heterocycles. The maximum Gasteiger partial charge on any atom is 0.310 e. The summed E-state index contributed by atoms with van der Waals surface area (Å²) in [6, 6.07) is 4.09. The van der Waals surface area contributed by atoms with E-state index in [1.165, 1.54) is 18.2 Å². The molecule has 1 aliphatic rings. The number of likely N-dealkylation sites (tertiary alicyclic amines) is 1. The van der Waals surface area contributed by atoms with E-state index in [-0.39, 0.29) is 35.0 Å². The van der Waals surface area contributed by atoms with Gasteiger partial charge in [0.1, 0.15) is 5.02 Å². The molecular weight excluding hydrogens is 350 g/mol. The number of amides is 1. The minimum atomic E-state index is -0.605. The highest BCUT2D eigenvalue weighted by Gasteiger charge is 2.27. The number of rotatable bonds is 6. The van der Waals surface area contributed by atoms with Crippen LogP contribution in [0.15, 0.2) is 18.2 Å². The minimum Gasteiger partial charge on any atom is -0.466 e. The molecule has 1 aromatic carbocycles. The van der Waals surface area contributed by atoms with E-state index < -0.39 is 4.92 Å². The van der Waals surface area contributed by atoms with Crippen LogP contribution in [0.1, 0.15) is 19.8 Å². The molecule has 2 rings (SSSR count). The Hall–Kier alpha value is -2.19. The molecule has 25 heavy (non-hydrogen) atoms. The van der Waals surface area contributed by atoms with Crippen LogP contribution in [0.3, 0.4) is 0 Å². The van der Waals surface area contributed by atoms with Crippen LogP contribution in [-0.2, 0) is 14.3 Å². The van der Waals surface area contributed by atoms with Crippen molar-refractivity contribution in [2.24, 2.45) is 5.92 Å². The number of esters is 1. The van der Waals surface area contributed by atoms with E-state index >= 15 is 0 Å². The Morgan fingerprint density at radius 1 is 1.48 bits per heavy atom. The van der Waals surface area contributed by atoms with Crippen molar-refractivity contribution >= 4 is 34.9 Å². The molecule has 1 N–H and O–H groups in total. The zero-order valence-electron chi connectivity index (χ0n) is 13.9. The molecule has 1 saturated heterocycles. The number of carbonyl (C=O) groups is 2. The van der Waals surface area contributed by atoms with Gasteiger partial charge in [0, 0.05) is 18.3 Å². The first-order valence-corrected chi connectivity index (χ1v) is 8.41. The largest absolute Gasteiger partial charge is 0.466 e. The predicted molar refractivity (Wildman–Crippen MR) is 92.5 cm³/mol. The van der Waals surface area contributed by atoms with Gasteiger partial charge in [0.25, 0.3) is 5.69 Å². The van der Waals surface area contributed by atoms with E-state index in [9.17, 15) is 19.7 Å². The number of benzene rings is 1. The molecule has 0 aliphatic carbocycles. The molecule has 1 aliphatic heterocycles. The second-order valence-corrected chi connectivity index (χ2v) is 6.20. The lowest BCUT2D eigenvalue weighted by atomic mass is 9.98. The number of nitrogens with one attached hydrogen (secondary N) is 1. The van der Waals surface area contributed by atoms with Gasteiger partial charge in [-0.2, -0.15) is 0 Å². The number of hydrogen-bond acceptors (Lipinski definition) is 6. The Morgan fingerprint density at radius 3 is 2.92 bits per heavy atom. The molecule has 0 spiro atoms. The highest BCUT2D eigenvalue weighted by Crippen LogP contribution is 2.27. The lowest BCUT2D eigenvalue weighted by Gasteiger charge is -2.30. The summed E-state index contributed by atoms with van der Waals surface area (Å²) in [5.74, 6) is -0.764. The van der Waals surface area contributed by atoms with Crippen molar-refractivity contribution in [1.82, 2.24) is 4.90 Å². The average molecular weight is 370 g/mol. The number of piperidine rings is 1. The fourth-order valence-corrected chi connectivity index (χ4v) is 2.97. The molecule has 8 nitrogen and oxygen atoms in total. The van der Waals surface area contributed by atoms with Crippen molar-refractivity contribution in [2.75, 3.05) is 31.6 Å². The molecule has 9 heteroatoms. The van der Waals surface area contributed by atoms with Crippen LogP contribution in [0.4, 0.5) is 11.4 Å². The number of ether oxygens (including phenoxy) is 1. The smallest absolute Gasteiger partial charge is 0.310 e. The zero-order chi connectivity index (χ0) is 18.4. The van der Waals surface area contributed by atoms with Crippen LogP contribution in [0.5, 0.6) is 0 Å². The first kappa shape index (κ1) is 19.1. The van der Waals surface area contributed by atoms with Crippen molar-refractivity contribution in [1.29, 1.82) is 0 Å². The molecule has 0 aromatic heterocycles. The Bertz CT molecular complexity index is 667. The van der Waals surface area contributed by atoms with Crippen LogP contribution >= 0.6 is 11.6 Å². The van der Waals surface area contributed by atoms with E-state index in [4.69, 9.17) is 16.3 Å². The maximum atomic E-state index is 12.2. The standard InChI is InChI=1S/C16H20ClN3O5/c1-2-25-16(22)11-4-3-7-19(9-11)10-15(21)18-12-5-6-13(17)14(8-12)20(23)24/h5-6,8,11H,2-4,7,9-10H2,1H3,(H,18,21). The summed E-state index contributed by atoms with van der Waals surface area (Å²) in [5.41, 5.74) is 0.0415. The van der Waals surface area contributed by atoms with E-state index in [1.807, 2.05) is 4.90 Å². The first-order valence-electron chi connectivity index (χ1n) is 8.03. The predicted octanol–water partition coefficient (Wildman–Crippen LogP) is 2.46. The molecular formula is C16H20ClN3O5. The van der Waals surface area contributed by atoms with Gasteiger partial charge in [0.2, 0.25) is 5.91 Å². The average Bonchev–Trinajstić information content (AvgIpc) is 2.56. The molecule has 136 valence electrons. The quantitative estimate of drug-likeness (QED) is 0.469. The number of hydrogen-bond donors (Lipinski definition) is 1. The van der Waals surface area contributed by atoms with Crippen LogP contribution in [0.25, 0.3) is 0 Å².